The number of piperidine rings is 1. The molecule has 0 bridgehead atoms. The summed E-state index contributed by atoms with van der Waals surface area (Å²) in [6, 6.07) is 11.4. The summed E-state index contributed by atoms with van der Waals surface area (Å²) in [4.78, 5) is 14.5. The fourth-order valence-corrected chi connectivity index (χ4v) is 3.18. The smallest absolute Gasteiger partial charge is 0.253 e. The van der Waals surface area contributed by atoms with Gasteiger partial charge in [0.15, 0.2) is 0 Å². The first-order chi connectivity index (χ1) is 12.6. The van der Waals surface area contributed by atoms with E-state index in [0.29, 0.717) is 30.2 Å². The van der Waals surface area contributed by atoms with Crippen molar-refractivity contribution < 1.29 is 18.7 Å². The highest BCUT2D eigenvalue weighted by molar-refractivity contribution is 5.94. The third kappa shape index (κ3) is 4.25. The second kappa shape index (κ2) is 8.08. The van der Waals surface area contributed by atoms with E-state index >= 15 is 0 Å². The number of anilines is 1. The predicted octanol–water partition coefficient (Wildman–Crippen LogP) is 3.56. The van der Waals surface area contributed by atoms with E-state index in [1.165, 1.54) is 24.3 Å². The van der Waals surface area contributed by atoms with Crippen LogP contribution >= 0.6 is 0 Å². The van der Waals surface area contributed by atoms with Gasteiger partial charge >= 0.3 is 0 Å². The molecule has 1 amide bonds. The van der Waals surface area contributed by atoms with Crippen LogP contribution in [0.5, 0.6) is 11.5 Å². The van der Waals surface area contributed by atoms with E-state index in [-0.39, 0.29) is 17.8 Å². The van der Waals surface area contributed by atoms with Crippen LogP contribution in [-0.4, -0.2) is 44.2 Å². The van der Waals surface area contributed by atoms with Gasteiger partial charge in [-0.25, -0.2) is 4.39 Å². The fraction of sp³-hybridized carbons (Fsp3) is 0.350. The number of hydrogen-bond acceptors (Lipinski definition) is 4. The molecule has 1 aliphatic rings. The first kappa shape index (κ1) is 18.0. The SMILES string of the molecule is COc1cc(N[C@@H]2CCCN(C(=O)c3ccc(F)cc3)C2)cc(OC)c1. The van der Waals surface area contributed by atoms with Gasteiger partial charge in [-0.15, -0.1) is 0 Å². The average molecular weight is 358 g/mol. The van der Waals surface area contributed by atoms with E-state index in [9.17, 15) is 9.18 Å². The number of methoxy groups -OCH3 is 2. The second-order valence-electron chi connectivity index (χ2n) is 6.34. The number of benzene rings is 2. The topological polar surface area (TPSA) is 50.8 Å². The number of amides is 1. The summed E-state index contributed by atoms with van der Waals surface area (Å²) in [6.45, 7) is 1.30. The molecule has 1 N–H and O–H groups in total. The van der Waals surface area contributed by atoms with Crippen molar-refractivity contribution >= 4 is 11.6 Å². The molecule has 3 rings (SSSR count). The third-order valence-corrected chi connectivity index (χ3v) is 4.52. The highest BCUT2D eigenvalue weighted by atomic mass is 19.1. The summed E-state index contributed by atoms with van der Waals surface area (Å²) in [6.07, 6.45) is 1.87. The first-order valence-corrected chi connectivity index (χ1v) is 8.63. The maximum Gasteiger partial charge on any atom is 0.253 e. The molecule has 0 spiro atoms. The minimum Gasteiger partial charge on any atom is -0.497 e. The number of ether oxygens (including phenoxy) is 2. The Bertz CT molecular complexity index is 742. The number of nitrogens with one attached hydrogen (secondary N) is 1. The summed E-state index contributed by atoms with van der Waals surface area (Å²) in [5, 5.41) is 3.46. The Morgan fingerprint density at radius 1 is 1.12 bits per heavy atom. The Hall–Kier alpha value is -2.76. The number of halogens is 1. The Kier molecular flexibility index (Phi) is 5.61. The molecule has 2 aromatic rings. The number of likely N-dealkylation sites (tertiary alicyclic amines) is 1. The van der Waals surface area contributed by atoms with E-state index in [0.717, 1.165) is 18.5 Å². The molecule has 1 heterocycles. The van der Waals surface area contributed by atoms with Gasteiger partial charge in [0.2, 0.25) is 0 Å². The molecule has 0 radical (unpaired) electrons. The minimum atomic E-state index is -0.341. The molecule has 0 aliphatic carbocycles. The minimum absolute atomic E-state index is 0.0697. The zero-order valence-corrected chi connectivity index (χ0v) is 15.0. The van der Waals surface area contributed by atoms with Crippen molar-refractivity contribution in [3.63, 3.8) is 0 Å². The van der Waals surface area contributed by atoms with Crippen molar-refractivity contribution in [2.45, 2.75) is 18.9 Å². The molecular weight excluding hydrogens is 335 g/mol. The maximum absolute atomic E-state index is 13.1. The van der Waals surface area contributed by atoms with E-state index in [4.69, 9.17) is 9.47 Å². The van der Waals surface area contributed by atoms with E-state index in [1.807, 2.05) is 23.1 Å². The van der Waals surface area contributed by atoms with Crippen LogP contribution in [0.15, 0.2) is 42.5 Å². The normalized spacial score (nSPS) is 16.9. The van der Waals surface area contributed by atoms with Gasteiger partial charge in [0.25, 0.3) is 5.91 Å². The molecule has 5 nitrogen and oxygen atoms in total. The van der Waals surface area contributed by atoms with Crippen molar-refractivity contribution in [2.24, 2.45) is 0 Å². The van der Waals surface area contributed by atoms with Crippen molar-refractivity contribution in [1.82, 2.24) is 4.90 Å². The molecule has 2 aromatic carbocycles. The quantitative estimate of drug-likeness (QED) is 0.888. The monoisotopic (exact) mass is 358 g/mol. The lowest BCUT2D eigenvalue weighted by Gasteiger charge is -2.34. The highest BCUT2D eigenvalue weighted by Crippen LogP contribution is 2.27. The Balaban J connectivity index is 1.68. The van der Waals surface area contributed by atoms with Crippen LogP contribution in [0.2, 0.25) is 0 Å². The van der Waals surface area contributed by atoms with Crippen molar-refractivity contribution in [2.75, 3.05) is 32.6 Å². The predicted molar refractivity (Wildman–Crippen MR) is 98.5 cm³/mol. The summed E-state index contributed by atoms with van der Waals surface area (Å²) >= 11 is 0. The van der Waals surface area contributed by atoms with Gasteiger partial charge in [-0.1, -0.05) is 0 Å². The van der Waals surface area contributed by atoms with Crippen LogP contribution in [-0.2, 0) is 0 Å². The molecule has 0 unspecified atom stereocenters. The van der Waals surface area contributed by atoms with Crippen LogP contribution in [0, 0.1) is 5.82 Å². The summed E-state index contributed by atoms with van der Waals surface area (Å²) < 4.78 is 23.7. The van der Waals surface area contributed by atoms with Gasteiger partial charge in [0.1, 0.15) is 17.3 Å². The molecule has 1 fully saturated rings. The third-order valence-electron chi connectivity index (χ3n) is 4.52. The number of rotatable bonds is 5. The number of hydrogen-bond donors (Lipinski definition) is 1. The highest BCUT2D eigenvalue weighted by Gasteiger charge is 2.24. The maximum atomic E-state index is 13.1. The molecular formula is C20H23FN2O3. The number of carbonyl (C=O) groups is 1. The Morgan fingerprint density at radius 2 is 1.77 bits per heavy atom. The molecule has 26 heavy (non-hydrogen) atoms. The number of carbonyl (C=O) groups excluding carboxylic acids is 1. The molecule has 6 heteroatoms. The van der Waals surface area contributed by atoms with Crippen LogP contribution in [0.4, 0.5) is 10.1 Å². The van der Waals surface area contributed by atoms with Gasteiger partial charge in [-0.2, -0.15) is 0 Å². The largest absolute Gasteiger partial charge is 0.497 e. The van der Waals surface area contributed by atoms with Crippen LogP contribution < -0.4 is 14.8 Å². The summed E-state index contributed by atoms with van der Waals surface area (Å²) in [5.41, 5.74) is 1.40. The summed E-state index contributed by atoms with van der Waals surface area (Å²) in [7, 11) is 3.23. The molecule has 0 saturated carbocycles. The van der Waals surface area contributed by atoms with Crippen molar-refractivity contribution in [1.29, 1.82) is 0 Å². The molecule has 0 aromatic heterocycles. The lowest BCUT2D eigenvalue weighted by atomic mass is 10.0. The van der Waals surface area contributed by atoms with E-state index in [1.54, 1.807) is 14.2 Å². The van der Waals surface area contributed by atoms with Gasteiger partial charge in [0.05, 0.1) is 14.2 Å². The van der Waals surface area contributed by atoms with E-state index in [2.05, 4.69) is 5.32 Å². The first-order valence-electron chi connectivity index (χ1n) is 8.63. The lowest BCUT2D eigenvalue weighted by molar-refractivity contribution is 0.0714. The molecule has 1 aliphatic heterocycles. The Labute approximate surface area is 152 Å². The van der Waals surface area contributed by atoms with E-state index < -0.39 is 0 Å². The Morgan fingerprint density at radius 3 is 2.38 bits per heavy atom. The lowest BCUT2D eigenvalue weighted by Crippen LogP contribution is -2.45. The van der Waals surface area contributed by atoms with Gasteiger partial charge in [-0.3, -0.25) is 4.79 Å². The van der Waals surface area contributed by atoms with Crippen LogP contribution in [0.1, 0.15) is 23.2 Å². The van der Waals surface area contributed by atoms with Crippen LogP contribution in [0.25, 0.3) is 0 Å². The average Bonchev–Trinajstić information content (AvgIpc) is 2.68. The molecule has 1 atom stereocenters. The van der Waals surface area contributed by atoms with Crippen LogP contribution in [0.3, 0.4) is 0 Å². The standard InChI is InChI=1S/C20H23FN2O3/c1-25-18-10-17(11-19(12-18)26-2)22-16-4-3-9-23(13-16)20(24)14-5-7-15(21)8-6-14/h5-8,10-12,16,22H,3-4,9,13H2,1-2H3/t16-/m1/s1. The van der Waals surface area contributed by atoms with Gasteiger partial charge < -0.3 is 19.7 Å². The summed E-state index contributed by atoms with van der Waals surface area (Å²) in [5.74, 6) is 1.01. The van der Waals surface area contributed by atoms with Gasteiger partial charge in [-0.05, 0) is 37.1 Å². The fourth-order valence-electron chi connectivity index (χ4n) is 3.18. The van der Waals surface area contributed by atoms with Crippen molar-refractivity contribution in [3.8, 4) is 11.5 Å². The zero-order valence-electron chi connectivity index (χ0n) is 15.0. The van der Waals surface area contributed by atoms with Crippen molar-refractivity contribution in [3.05, 3.63) is 53.8 Å². The van der Waals surface area contributed by atoms with Gasteiger partial charge in [0, 0.05) is 48.6 Å². The molecule has 1 saturated heterocycles. The number of nitrogens with zero attached hydrogens (tertiary/aromatic N) is 1. The second-order valence-corrected chi connectivity index (χ2v) is 6.34. The molecule has 138 valence electrons. The zero-order chi connectivity index (χ0) is 18.5.